The van der Waals surface area contributed by atoms with Crippen LogP contribution in [0.5, 0.6) is 0 Å². The molecule has 20 heavy (non-hydrogen) atoms. The maximum atomic E-state index is 6.04. The number of nitrogen functional groups attached to an aromatic ring is 1. The fourth-order valence-corrected chi connectivity index (χ4v) is 3.24. The maximum Gasteiger partial charge on any atom is 0.162 e. The standard InChI is InChI=1S/C15H26N4O/c1-5-20-15(8-6-7-9-15)14-17-11(4)12(10(2)3)13(18-14)19-16/h10H,5-9,16H2,1-4H3,(H,17,18,19). The van der Waals surface area contributed by atoms with E-state index in [0.29, 0.717) is 12.5 Å². The molecular weight excluding hydrogens is 252 g/mol. The Labute approximate surface area is 121 Å². The van der Waals surface area contributed by atoms with Crippen molar-refractivity contribution >= 4 is 5.82 Å². The van der Waals surface area contributed by atoms with Crippen LogP contribution < -0.4 is 11.3 Å². The lowest BCUT2D eigenvalue weighted by atomic mass is 9.98. The van der Waals surface area contributed by atoms with Gasteiger partial charge in [-0.05, 0) is 45.4 Å². The van der Waals surface area contributed by atoms with Gasteiger partial charge in [-0.15, -0.1) is 0 Å². The van der Waals surface area contributed by atoms with Gasteiger partial charge in [-0.25, -0.2) is 15.8 Å². The fourth-order valence-electron chi connectivity index (χ4n) is 3.24. The molecule has 1 aliphatic carbocycles. The number of nitrogens with zero attached hydrogens (tertiary/aromatic N) is 2. The first kappa shape index (κ1) is 15.2. The van der Waals surface area contributed by atoms with E-state index in [2.05, 4.69) is 24.3 Å². The summed E-state index contributed by atoms with van der Waals surface area (Å²) in [6, 6.07) is 0. The molecule has 1 heterocycles. The molecule has 1 aliphatic rings. The lowest BCUT2D eigenvalue weighted by Gasteiger charge is -2.28. The average molecular weight is 278 g/mol. The monoisotopic (exact) mass is 278 g/mol. The maximum absolute atomic E-state index is 6.04. The van der Waals surface area contributed by atoms with E-state index in [1.807, 2.05) is 13.8 Å². The van der Waals surface area contributed by atoms with Gasteiger partial charge < -0.3 is 10.2 Å². The van der Waals surface area contributed by atoms with Crippen LogP contribution in [0.3, 0.4) is 0 Å². The van der Waals surface area contributed by atoms with Gasteiger partial charge in [0.1, 0.15) is 11.4 Å². The molecule has 0 atom stereocenters. The number of aryl methyl sites for hydroxylation is 1. The Bertz CT molecular complexity index is 467. The van der Waals surface area contributed by atoms with Crippen LogP contribution in [-0.4, -0.2) is 16.6 Å². The van der Waals surface area contributed by atoms with Gasteiger partial charge in [0.25, 0.3) is 0 Å². The van der Waals surface area contributed by atoms with Crippen molar-refractivity contribution in [2.45, 2.75) is 64.9 Å². The van der Waals surface area contributed by atoms with Crippen molar-refractivity contribution in [1.29, 1.82) is 0 Å². The van der Waals surface area contributed by atoms with Gasteiger partial charge >= 0.3 is 0 Å². The number of hydrazine groups is 1. The summed E-state index contributed by atoms with van der Waals surface area (Å²) in [6.07, 6.45) is 4.32. The Kier molecular flexibility index (Phi) is 4.60. The molecule has 3 N–H and O–H groups in total. The van der Waals surface area contributed by atoms with Gasteiger partial charge in [-0.1, -0.05) is 13.8 Å². The van der Waals surface area contributed by atoms with Crippen LogP contribution in [-0.2, 0) is 10.3 Å². The summed E-state index contributed by atoms with van der Waals surface area (Å²) in [7, 11) is 0. The van der Waals surface area contributed by atoms with Crippen molar-refractivity contribution < 1.29 is 4.74 Å². The number of nitrogens with two attached hydrogens (primary N) is 1. The molecule has 1 saturated carbocycles. The Morgan fingerprint density at radius 1 is 1.30 bits per heavy atom. The molecule has 0 aliphatic heterocycles. The van der Waals surface area contributed by atoms with Crippen molar-refractivity contribution in [1.82, 2.24) is 9.97 Å². The lowest BCUT2D eigenvalue weighted by molar-refractivity contribution is -0.0457. The second-order valence-electron chi connectivity index (χ2n) is 5.83. The van der Waals surface area contributed by atoms with Crippen LogP contribution in [0.15, 0.2) is 0 Å². The zero-order chi connectivity index (χ0) is 14.8. The normalized spacial score (nSPS) is 17.7. The van der Waals surface area contributed by atoms with Gasteiger partial charge in [0.15, 0.2) is 5.82 Å². The topological polar surface area (TPSA) is 73.1 Å². The second-order valence-corrected chi connectivity index (χ2v) is 5.83. The highest BCUT2D eigenvalue weighted by molar-refractivity contribution is 5.47. The van der Waals surface area contributed by atoms with Gasteiger partial charge in [0.05, 0.1) is 0 Å². The molecule has 5 nitrogen and oxygen atoms in total. The number of hydrogen-bond donors (Lipinski definition) is 2. The van der Waals surface area contributed by atoms with Crippen LogP contribution in [0.1, 0.15) is 69.5 Å². The quantitative estimate of drug-likeness (QED) is 0.640. The molecule has 5 heteroatoms. The van der Waals surface area contributed by atoms with Crippen molar-refractivity contribution in [2.24, 2.45) is 5.84 Å². The molecule has 0 amide bonds. The smallest absolute Gasteiger partial charge is 0.162 e. The van der Waals surface area contributed by atoms with Crippen LogP contribution in [0, 0.1) is 6.92 Å². The second kappa shape index (κ2) is 6.06. The van der Waals surface area contributed by atoms with Crippen LogP contribution in [0.4, 0.5) is 5.82 Å². The first-order valence-electron chi connectivity index (χ1n) is 7.53. The van der Waals surface area contributed by atoms with E-state index in [4.69, 9.17) is 15.6 Å². The summed E-state index contributed by atoms with van der Waals surface area (Å²) in [4.78, 5) is 9.42. The molecule has 0 saturated heterocycles. The highest BCUT2D eigenvalue weighted by Crippen LogP contribution is 2.41. The first-order chi connectivity index (χ1) is 9.54. The summed E-state index contributed by atoms with van der Waals surface area (Å²) < 4.78 is 6.04. The van der Waals surface area contributed by atoms with Gasteiger partial charge in [0, 0.05) is 17.9 Å². The van der Waals surface area contributed by atoms with Crippen molar-refractivity contribution in [2.75, 3.05) is 12.0 Å². The molecule has 0 spiro atoms. The van der Waals surface area contributed by atoms with Crippen LogP contribution >= 0.6 is 0 Å². The number of hydrogen-bond acceptors (Lipinski definition) is 5. The Morgan fingerprint density at radius 2 is 1.95 bits per heavy atom. The summed E-state index contributed by atoms with van der Waals surface area (Å²) in [5.41, 5.74) is 4.49. The van der Waals surface area contributed by atoms with Gasteiger partial charge in [-0.3, -0.25) is 0 Å². The summed E-state index contributed by atoms with van der Waals surface area (Å²) in [5.74, 6) is 7.51. The van der Waals surface area contributed by atoms with E-state index in [-0.39, 0.29) is 5.60 Å². The molecule has 0 aromatic carbocycles. The lowest BCUT2D eigenvalue weighted by Crippen LogP contribution is -2.30. The number of ether oxygens (including phenoxy) is 1. The number of rotatable bonds is 5. The van der Waals surface area contributed by atoms with Crippen molar-refractivity contribution in [3.63, 3.8) is 0 Å². The average Bonchev–Trinajstić information content (AvgIpc) is 2.87. The highest BCUT2D eigenvalue weighted by Gasteiger charge is 2.40. The van der Waals surface area contributed by atoms with E-state index in [9.17, 15) is 0 Å². The molecule has 0 unspecified atom stereocenters. The van der Waals surface area contributed by atoms with Crippen LogP contribution in [0.2, 0.25) is 0 Å². The predicted octanol–water partition coefficient (Wildman–Crippen LogP) is 3.00. The largest absolute Gasteiger partial charge is 0.367 e. The van der Waals surface area contributed by atoms with E-state index < -0.39 is 0 Å². The third kappa shape index (κ3) is 2.65. The zero-order valence-electron chi connectivity index (χ0n) is 13.0. The molecule has 1 fully saturated rings. The van der Waals surface area contributed by atoms with Crippen LogP contribution in [0.25, 0.3) is 0 Å². The number of anilines is 1. The zero-order valence-corrected chi connectivity index (χ0v) is 13.0. The fraction of sp³-hybridized carbons (Fsp3) is 0.733. The van der Waals surface area contributed by atoms with E-state index in [1.165, 1.54) is 12.8 Å². The predicted molar refractivity (Wildman–Crippen MR) is 80.4 cm³/mol. The Balaban J connectivity index is 2.49. The third-order valence-corrected chi connectivity index (χ3v) is 4.09. The molecule has 0 bridgehead atoms. The van der Waals surface area contributed by atoms with Gasteiger partial charge in [0.2, 0.25) is 0 Å². The minimum absolute atomic E-state index is 0.319. The third-order valence-electron chi connectivity index (χ3n) is 4.09. The first-order valence-corrected chi connectivity index (χ1v) is 7.53. The summed E-state index contributed by atoms with van der Waals surface area (Å²) >= 11 is 0. The van der Waals surface area contributed by atoms with E-state index >= 15 is 0 Å². The molecule has 1 aromatic rings. The van der Waals surface area contributed by atoms with E-state index in [1.54, 1.807) is 0 Å². The van der Waals surface area contributed by atoms with Crippen molar-refractivity contribution in [3.05, 3.63) is 17.1 Å². The van der Waals surface area contributed by atoms with Crippen molar-refractivity contribution in [3.8, 4) is 0 Å². The van der Waals surface area contributed by atoms with E-state index in [0.717, 1.165) is 35.7 Å². The molecule has 1 aromatic heterocycles. The number of nitrogens with one attached hydrogen (secondary N) is 1. The minimum Gasteiger partial charge on any atom is -0.367 e. The molecular formula is C15H26N4O. The summed E-state index contributed by atoms with van der Waals surface area (Å²) in [6.45, 7) is 8.98. The molecule has 2 rings (SSSR count). The molecule has 0 radical (unpaired) electrons. The SMILES string of the molecule is CCOC1(c2nc(C)c(C(C)C)c(NN)n2)CCCC1. The summed E-state index contributed by atoms with van der Waals surface area (Å²) in [5, 5.41) is 0. The van der Waals surface area contributed by atoms with Gasteiger partial charge in [-0.2, -0.15) is 0 Å². The minimum atomic E-state index is -0.319. The Hall–Kier alpha value is -1.20. The Morgan fingerprint density at radius 3 is 2.45 bits per heavy atom. The number of aromatic nitrogens is 2. The molecule has 112 valence electrons. The highest BCUT2D eigenvalue weighted by atomic mass is 16.5.